The SMILES string of the molecule is Cc1c(C(=O)N=C=O)cc(F)cc1-c1ccccc1. The Morgan fingerprint density at radius 3 is 2.53 bits per heavy atom. The number of hydrogen-bond donors (Lipinski definition) is 0. The Morgan fingerprint density at radius 1 is 1.21 bits per heavy atom. The predicted molar refractivity (Wildman–Crippen MR) is 69.0 cm³/mol. The van der Waals surface area contributed by atoms with Gasteiger partial charge in [0.1, 0.15) is 5.82 Å². The number of isocyanates is 1. The van der Waals surface area contributed by atoms with E-state index in [0.717, 1.165) is 11.6 Å². The summed E-state index contributed by atoms with van der Waals surface area (Å²) < 4.78 is 13.6. The van der Waals surface area contributed by atoms with Crippen LogP contribution in [0.15, 0.2) is 47.5 Å². The van der Waals surface area contributed by atoms with Crippen LogP contribution in [0.1, 0.15) is 15.9 Å². The Balaban J connectivity index is 2.64. The molecular weight excluding hydrogens is 245 g/mol. The zero-order valence-corrected chi connectivity index (χ0v) is 10.2. The average molecular weight is 255 g/mol. The molecule has 0 aliphatic heterocycles. The van der Waals surface area contributed by atoms with Crippen molar-refractivity contribution in [3.8, 4) is 11.1 Å². The van der Waals surface area contributed by atoms with Gasteiger partial charge in [-0.2, -0.15) is 0 Å². The van der Waals surface area contributed by atoms with Gasteiger partial charge in [0.15, 0.2) is 0 Å². The predicted octanol–water partition coefficient (Wildman–Crippen LogP) is 3.28. The maximum absolute atomic E-state index is 13.6. The maximum Gasteiger partial charge on any atom is 0.288 e. The molecule has 0 N–H and O–H groups in total. The van der Waals surface area contributed by atoms with E-state index in [-0.39, 0.29) is 5.56 Å². The van der Waals surface area contributed by atoms with Crippen LogP contribution in [0.3, 0.4) is 0 Å². The lowest BCUT2D eigenvalue weighted by molar-refractivity contribution is 0.100. The first-order chi connectivity index (χ1) is 9.13. The van der Waals surface area contributed by atoms with Gasteiger partial charge < -0.3 is 0 Å². The molecule has 1 amide bonds. The molecule has 19 heavy (non-hydrogen) atoms. The summed E-state index contributed by atoms with van der Waals surface area (Å²) in [4.78, 5) is 24.8. The average Bonchev–Trinajstić information content (AvgIpc) is 2.42. The number of carbonyl (C=O) groups is 1. The van der Waals surface area contributed by atoms with Crippen molar-refractivity contribution in [1.29, 1.82) is 0 Å². The highest BCUT2D eigenvalue weighted by Crippen LogP contribution is 2.27. The molecular formula is C15H10FNO2. The fraction of sp³-hybridized carbons (Fsp3) is 0.0667. The molecule has 94 valence electrons. The van der Waals surface area contributed by atoms with Crippen molar-refractivity contribution in [2.24, 2.45) is 4.99 Å². The van der Waals surface area contributed by atoms with E-state index in [1.165, 1.54) is 12.1 Å². The van der Waals surface area contributed by atoms with Crippen molar-refractivity contribution in [2.75, 3.05) is 0 Å². The van der Waals surface area contributed by atoms with Crippen LogP contribution in [0.5, 0.6) is 0 Å². The Labute approximate surface area is 109 Å². The minimum atomic E-state index is -0.788. The fourth-order valence-corrected chi connectivity index (χ4v) is 1.92. The van der Waals surface area contributed by atoms with Gasteiger partial charge in [-0.25, -0.2) is 9.18 Å². The third-order valence-corrected chi connectivity index (χ3v) is 2.83. The smallest absolute Gasteiger partial charge is 0.266 e. The first-order valence-electron chi connectivity index (χ1n) is 5.61. The number of nitrogens with zero attached hydrogens (tertiary/aromatic N) is 1. The van der Waals surface area contributed by atoms with Gasteiger partial charge in [0, 0.05) is 5.56 Å². The Morgan fingerprint density at radius 2 is 1.89 bits per heavy atom. The Bertz CT molecular complexity index is 674. The van der Waals surface area contributed by atoms with Crippen molar-refractivity contribution in [3.05, 3.63) is 59.4 Å². The quantitative estimate of drug-likeness (QED) is 0.610. The molecule has 2 aromatic rings. The molecule has 0 atom stereocenters. The van der Waals surface area contributed by atoms with Crippen molar-refractivity contribution in [3.63, 3.8) is 0 Å². The van der Waals surface area contributed by atoms with E-state index >= 15 is 0 Å². The highest BCUT2D eigenvalue weighted by molar-refractivity contribution is 6.00. The summed E-state index contributed by atoms with van der Waals surface area (Å²) in [6.07, 6.45) is 1.17. The number of amides is 1. The van der Waals surface area contributed by atoms with E-state index in [2.05, 4.69) is 4.99 Å². The topological polar surface area (TPSA) is 46.5 Å². The molecule has 0 aromatic heterocycles. The molecule has 0 radical (unpaired) electrons. The van der Waals surface area contributed by atoms with Crippen LogP contribution in [0.2, 0.25) is 0 Å². The molecule has 4 heteroatoms. The highest BCUT2D eigenvalue weighted by Gasteiger charge is 2.14. The van der Waals surface area contributed by atoms with Crippen LogP contribution in [0.4, 0.5) is 4.39 Å². The number of hydrogen-bond acceptors (Lipinski definition) is 2. The molecule has 0 fully saturated rings. The first-order valence-corrected chi connectivity index (χ1v) is 5.61. The third kappa shape index (κ3) is 2.64. The van der Waals surface area contributed by atoms with Crippen molar-refractivity contribution in [1.82, 2.24) is 0 Å². The van der Waals surface area contributed by atoms with Gasteiger partial charge in [-0.1, -0.05) is 30.3 Å². The standard InChI is InChI=1S/C15H10FNO2/c1-10-13(11-5-3-2-4-6-11)7-12(16)8-14(10)15(19)17-9-18/h2-8H,1H3. The van der Waals surface area contributed by atoms with Crippen LogP contribution in [0, 0.1) is 12.7 Å². The van der Waals surface area contributed by atoms with Crippen LogP contribution < -0.4 is 0 Å². The molecule has 0 saturated heterocycles. The van der Waals surface area contributed by atoms with E-state index in [9.17, 15) is 14.0 Å². The van der Waals surface area contributed by atoms with E-state index in [4.69, 9.17) is 0 Å². The van der Waals surface area contributed by atoms with E-state index in [1.807, 2.05) is 30.3 Å². The first kappa shape index (κ1) is 12.9. The van der Waals surface area contributed by atoms with Crippen LogP contribution in [0.25, 0.3) is 11.1 Å². The summed E-state index contributed by atoms with van der Waals surface area (Å²) in [7, 11) is 0. The summed E-state index contributed by atoms with van der Waals surface area (Å²) in [5.41, 5.74) is 2.05. The maximum atomic E-state index is 13.6. The number of benzene rings is 2. The normalized spacial score (nSPS) is 9.79. The van der Waals surface area contributed by atoms with Crippen LogP contribution in [-0.4, -0.2) is 12.0 Å². The Kier molecular flexibility index (Phi) is 3.64. The van der Waals surface area contributed by atoms with E-state index < -0.39 is 11.7 Å². The molecule has 0 aliphatic carbocycles. The van der Waals surface area contributed by atoms with Gasteiger partial charge in [-0.3, -0.25) is 4.79 Å². The lowest BCUT2D eigenvalue weighted by Gasteiger charge is -2.09. The molecule has 0 unspecified atom stereocenters. The van der Waals surface area contributed by atoms with Crippen LogP contribution >= 0.6 is 0 Å². The summed E-state index contributed by atoms with van der Waals surface area (Å²) in [6, 6.07) is 11.6. The third-order valence-electron chi connectivity index (χ3n) is 2.83. The molecule has 3 nitrogen and oxygen atoms in total. The fourth-order valence-electron chi connectivity index (χ4n) is 1.92. The lowest BCUT2D eigenvalue weighted by Crippen LogP contribution is -2.01. The van der Waals surface area contributed by atoms with Crippen molar-refractivity contribution < 1.29 is 14.0 Å². The monoisotopic (exact) mass is 255 g/mol. The summed E-state index contributed by atoms with van der Waals surface area (Å²) >= 11 is 0. The molecule has 0 saturated carbocycles. The second-order valence-corrected chi connectivity index (χ2v) is 4.00. The molecule has 2 aromatic carbocycles. The summed E-state index contributed by atoms with van der Waals surface area (Å²) in [6.45, 7) is 1.69. The minimum absolute atomic E-state index is 0.0715. The number of halogens is 1. The number of rotatable bonds is 2. The molecule has 0 bridgehead atoms. The highest BCUT2D eigenvalue weighted by atomic mass is 19.1. The summed E-state index contributed by atoms with van der Waals surface area (Å²) in [5, 5.41) is 0. The number of aliphatic imine (C=N–C) groups is 1. The van der Waals surface area contributed by atoms with Gasteiger partial charge >= 0.3 is 0 Å². The van der Waals surface area contributed by atoms with Gasteiger partial charge in [-0.15, -0.1) is 4.99 Å². The van der Waals surface area contributed by atoms with E-state index in [1.54, 1.807) is 6.92 Å². The van der Waals surface area contributed by atoms with Gasteiger partial charge in [0.25, 0.3) is 5.91 Å². The van der Waals surface area contributed by atoms with Gasteiger partial charge in [0.05, 0.1) is 0 Å². The minimum Gasteiger partial charge on any atom is -0.266 e. The number of carbonyl (C=O) groups excluding carboxylic acids is 2. The van der Waals surface area contributed by atoms with Crippen molar-refractivity contribution in [2.45, 2.75) is 6.92 Å². The summed E-state index contributed by atoms with van der Waals surface area (Å²) in [5.74, 6) is -1.34. The molecule has 2 rings (SSSR count). The second kappa shape index (κ2) is 5.38. The molecule has 0 spiro atoms. The Hall–Kier alpha value is -2.58. The zero-order chi connectivity index (χ0) is 13.8. The van der Waals surface area contributed by atoms with Gasteiger partial charge in [-0.05, 0) is 35.7 Å². The van der Waals surface area contributed by atoms with Gasteiger partial charge in [0.2, 0.25) is 6.08 Å². The largest absolute Gasteiger partial charge is 0.288 e. The molecule has 0 heterocycles. The van der Waals surface area contributed by atoms with Crippen molar-refractivity contribution >= 4 is 12.0 Å². The molecule has 0 aliphatic rings. The second-order valence-electron chi connectivity index (χ2n) is 4.00. The van der Waals surface area contributed by atoms with Crippen LogP contribution in [-0.2, 0) is 4.79 Å². The lowest BCUT2D eigenvalue weighted by atomic mass is 9.96. The van der Waals surface area contributed by atoms with E-state index in [0.29, 0.717) is 11.1 Å². The zero-order valence-electron chi connectivity index (χ0n) is 10.2.